The molecule has 5 aromatic rings. The van der Waals surface area contributed by atoms with Crippen LogP contribution in [0, 0.1) is 12.7 Å². The molecule has 192 valence electrons. The largest absolute Gasteiger partial charge is 0.344 e. The minimum atomic E-state index is -0.336. The topological polar surface area (TPSA) is 96.9 Å². The van der Waals surface area contributed by atoms with E-state index in [2.05, 4.69) is 25.6 Å². The van der Waals surface area contributed by atoms with Crippen molar-refractivity contribution in [2.75, 3.05) is 5.32 Å². The van der Waals surface area contributed by atoms with Crippen LogP contribution in [0.3, 0.4) is 0 Å². The maximum atomic E-state index is 13.3. The van der Waals surface area contributed by atoms with Gasteiger partial charge in [-0.1, -0.05) is 42.5 Å². The number of amides is 2. The second kappa shape index (κ2) is 10.6. The minimum Gasteiger partial charge on any atom is -0.344 e. The van der Waals surface area contributed by atoms with E-state index in [1.54, 1.807) is 19.1 Å². The molecule has 0 aliphatic heterocycles. The smallest absolute Gasteiger partial charge is 0.271 e. The van der Waals surface area contributed by atoms with Gasteiger partial charge in [-0.05, 0) is 73.4 Å². The summed E-state index contributed by atoms with van der Waals surface area (Å²) in [5.41, 5.74) is 4.39. The van der Waals surface area contributed by atoms with Gasteiger partial charge in [0.1, 0.15) is 17.3 Å². The van der Waals surface area contributed by atoms with Crippen molar-refractivity contribution < 1.29 is 14.0 Å². The monoisotopic (exact) mass is 527 g/mol. The molecule has 0 unspecified atom stereocenters. The standard InChI is InChI=1S/C29H26FN5O2S/c1-4-5-26(36)35-29-34-24-13-9-20(15-25(24)38-29)19-8-12-23-22(14-19)27(33-17(3)32-23)28(37)31-16(2)18-6-10-21(30)11-7-18/h6-16H,4-5H2,1-3H3,(H,31,37)(H,34,35,36)/t16-/m0/s1. The third-order valence-electron chi connectivity index (χ3n) is 6.19. The molecule has 0 radical (unpaired) electrons. The summed E-state index contributed by atoms with van der Waals surface area (Å²) in [6.07, 6.45) is 1.23. The lowest BCUT2D eigenvalue weighted by Gasteiger charge is -2.15. The maximum absolute atomic E-state index is 13.3. The molecule has 0 aliphatic rings. The average Bonchev–Trinajstić information content (AvgIpc) is 3.29. The predicted molar refractivity (Wildman–Crippen MR) is 149 cm³/mol. The third kappa shape index (κ3) is 5.38. The first-order valence-corrected chi connectivity index (χ1v) is 13.2. The molecule has 7 nitrogen and oxygen atoms in total. The molecule has 0 saturated heterocycles. The zero-order valence-corrected chi connectivity index (χ0v) is 22.0. The Kier molecular flexibility index (Phi) is 7.11. The molecule has 3 aromatic carbocycles. The summed E-state index contributed by atoms with van der Waals surface area (Å²) in [7, 11) is 0. The number of rotatable bonds is 7. The van der Waals surface area contributed by atoms with Gasteiger partial charge in [0, 0.05) is 11.8 Å². The van der Waals surface area contributed by atoms with Crippen molar-refractivity contribution in [3.8, 4) is 11.1 Å². The fourth-order valence-electron chi connectivity index (χ4n) is 4.26. The Bertz CT molecular complexity index is 1670. The summed E-state index contributed by atoms with van der Waals surface area (Å²) < 4.78 is 14.3. The van der Waals surface area contributed by atoms with Crippen molar-refractivity contribution in [1.29, 1.82) is 0 Å². The molecule has 5 rings (SSSR count). The normalized spacial score (nSPS) is 12.0. The van der Waals surface area contributed by atoms with Gasteiger partial charge in [-0.15, -0.1) is 0 Å². The van der Waals surface area contributed by atoms with E-state index in [-0.39, 0.29) is 29.4 Å². The third-order valence-corrected chi connectivity index (χ3v) is 7.12. The molecule has 38 heavy (non-hydrogen) atoms. The fourth-order valence-corrected chi connectivity index (χ4v) is 5.18. The summed E-state index contributed by atoms with van der Waals surface area (Å²) in [6, 6.07) is 17.4. The van der Waals surface area contributed by atoms with E-state index in [9.17, 15) is 14.0 Å². The SMILES string of the molecule is CCCC(=O)Nc1nc2ccc(-c3ccc4nc(C)nc(C(=O)N[C@@H](C)c5ccc(F)cc5)c4c3)cc2s1. The average molecular weight is 528 g/mol. The van der Waals surface area contributed by atoms with Crippen molar-refractivity contribution >= 4 is 49.4 Å². The van der Waals surface area contributed by atoms with Gasteiger partial charge in [-0.3, -0.25) is 9.59 Å². The molecule has 0 spiro atoms. The van der Waals surface area contributed by atoms with Crippen LogP contribution in [0.4, 0.5) is 9.52 Å². The second-order valence-corrected chi connectivity index (χ2v) is 10.1. The van der Waals surface area contributed by atoms with Crippen LogP contribution in [0.1, 0.15) is 54.6 Å². The first kappa shape index (κ1) is 25.4. The molecule has 2 heterocycles. The summed E-state index contributed by atoms with van der Waals surface area (Å²) in [5.74, 6) is -0.212. The number of thiazole rings is 1. The highest BCUT2D eigenvalue weighted by molar-refractivity contribution is 7.22. The van der Waals surface area contributed by atoms with Crippen molar-refractivity contribution in [2.24, 2.45) is 0 Å². The van der Waals surface area contributed by atoms with Gasteiger partial charge in [-0.25, -0.2) is 19.3 Å². The van der Waals surface area contributed by atoms with Gasteiger partial charge in [0.05, 0.1) is 21.8 Å². The lowest BCUT2D eigenvalue weighted by Crippen LogP contribution is -2.28. The number of hydrogen-bond donors (Lipinski definition) is 2. The van der Waals surface area contributed by atoms with Crippen molar-refractivity contribution in [3.05, 3.63) is 83.6 Å². The van der Waals surface area contributed by atoms with E-state index in [4.69, 9.17) is 0 Å². The number of halogens is 1. The number of aromatic nitrogens is 3. The number of nitrogens with one attached hydrogen (secondary N) is 2. The molecule has 0 aliphatic carbocycles. The fraction of sp³-hybridized carbons (Fsp3) is 0.207. The number of hydrogen-bond acceptors (Lipinski definition) is 6. The van der Waals surface area contributed by atoms with Crippen LogP contribution in [0.2, 0.25) is 0 Å². The molecule has 1 atom stereocenters. The van der Waals surface area contributed by atoms with E-state index >= 15 is 0 Å². The highest BCUT2D eigenvalue weighted by Gasteiger charge is 2.18. The Labute approximate surface area is 223 Å². The van der Waals surface area contributed by atoms with Crippen molar-refractivity contribution in [3.63, 3.8) is 0 Å². The van der Waals surface area contributed by atoms with Crippen LogP contribution in [0.25, 0.3) is 32.2 Å². The molecule has 0 bridgehead atoms. The van der Waals surface area contributed by atoms with E-state index < -0.39 is 0 Å². The van der Waals surface area contributed by atoms with Gasteiger partial charge in [0.25, 0.3) is 5.91 Å². The molecule has 0 fully saturated rings. The van der Waals surface area contributed by atoms with Crippen LogP contribution in [0.15, 0.2) is 60.7 Å². The van der Waals surface area contributed by atoms with E-state index in [0.29, 0.717) is 28.3 Å². The molecule has 9 heteroatoms. The number of carbonyl (C=O) groups is 2. The van der Waals surface area contributed by atoms with Crippen LogP contribution in [-0.4, -0.2) is 26.8 Å². The zero-order valence-electron chi connectivity index (χ0n) is 21.2. The first-order chi connectivity index (χ1) is 18.3. The van der Waals surface area contributed by atoms with Gasteiger partial charge in [0.2, 0.25) is 5.91 Å². The minimum absolute atomic E-state index is 0.0452. The number of anilines is 1. The first-order valence-electron chi connectivity index (χ1n) is 12.4. The summed E-state index contributed by atoms with van der Waals surface area (Å²) in [4.78, 5) is 38.8. The second-order valence-electron chi connectivity index (χ2n) is 9.10. The molecule has 0 saturated carbocycles. The van der Waals surface area contributed by atoms with E-state index in [1.807, 2.05) is 50.2 Å². The maximum Gasteiger partial charge on any atom is 0.271 e. The molecular weight excluding hydrogens is 501 g/mol. The highest BCUT2D eigenvalue weighted by Crippen LogP contribution is 2.32. The summed E-state index contributed by atoms with van der Waals surface area (Å²) in [5, 5.41) is 7.04. The molecule has 2 aromatic heterocycles. The van der Waals surface area contributed by atoms with E-state index in [0.717, 1.165) is 33.3 Å². The Morgan fingerprint density at radius 3 is 2.39 bits per heavy atom. The van der Waals surface area contributed by atoms with Crippen LogP contribution >= 0.6 is 11.3 Å². The lowest BCUT2D eigenvalue weighted by molar-refractivity contribution is -0.116. The Morgan fingerprint density at radius 1 is 0.947 bits per heavy atom. The van der Waals surface area contributed by atoms with Gasteiger partial charge < -0.3 is 10.6 Å². The van der Waals surface area contributed by atoms with E-state index in [1.165, 1.54) is 23.5 Å². The Balaban J connectivity index is 1.46. The number of fused-ring (bicyclic) bond motifs is 2. The Morgan fingerprint density at radius 2 is 1.66 bits per heavy atom. The molecule has 2 N–H and O–H groups in total. The van der Waals surface area contributed by atoms with Crippen LogP contribution in [-0.2, 0) is 4.79 Å². The number of aryl methyl sites for hydroxylation is 1. The van der Waals surface area contributed by atoms with Gasteiger partial charge in [0.15, 0.2) is 5.13 Å². The van der Waals surface area contributed by atoms with Crippen molar-refractivity contribution in [1.82, 2.24) is 20.3 Å². The van der Waals surface area contributed by atoms with Crippen LogP contribution < -0.4 is 10.6 Å². The molecule has 2 amide bonds. The summed E-state index contributed by atoms with van der Waals surface area (Å²) in [6.45, 7) is 5.56. The summed E-state index contributed by atoms with van der Waals surface area (Å²) >= 11 is 1.42. The number of carbonyl (C=O) groups excluding carboxylic acids is 2. The highest BCUT2D eigenvalue weighted by atomic mass is 32.1. The molecular formula is C29H26FN5O2S. The quantitative estimate of drug-likeness (QED) is 0.249. The Hall–Kier alpha value is -4.24. The lowest BCUT2D eigenvalue weighted by atomic mass is 10.0. The van der Waals surface area contributed by atoms with Crippen LogP contribution in [0.5, 0.6) is 0 Å². The van der Waals surface area contributed by atoms with Gasteiger partial charge >= 0.3 is 0 Å². The van der Waals surface area contributed by atoms with Crippen molar-refractivity contribution in [2.45, 2.75) is 39.7 Å². The van der Waals surface area contributed by atoms with Gasteiger partial charge in [-0.2, -0.15) is 0 Å². The zero-order chi connectivity index (χ0) is 26.8. The number of nitrogens with zero attached hydrogens (tertiary/aromatic N) is 3. The predicted octanol–water partition coefficient (Wildman–Crippen LogP) is 6.58. The number of benzene rings is 3.